The van der Waals surface area contributed by atoms with Gasteiger partial charge >= 0.3 is 0 Å². The number of benzene rings is 4. The Morgan fingerprint density at radius 1 is 0.660 bits per heavy atom. The van der Waals surface area contributed by atoms with Crippen molar-refractivity contribution in [1.29, 1.82) is 0 Å². The molecule has 0 fully saturated rings. The maximum Gasteiger partial charge on any atom is 0.272 e. The predicted octanol–water partition coefficient (Wildman–Crippen LogP) is 5.87. The lowest BCUT2D eigenvalue weighted by molar-refractivity contribution is -0.114. The highest BCUT2D eigenvalue weighted by atomic mass is 32.2. The summed E-state index contributed by atoms with van der Waals surface area (Å²) >= 11 is 1.29. The van der Waals surface area contributed by atoms with Crippen LogP contribution in [0.4, 0.5) is 11.4 Å². The maximum absolute atomic E-state index is 13.7. The SMILES string of the molecule is COc1cc(NC(=O)CSc2cccc(NC(=O)/C(=C\c3cc(OC)c(OC)cc3OC)NC(=O)c3ccccc3)c2)cc(OC)c1. The third kappa shape index (κ3) is 9.44. The average molecular weight is 658 g/mol. The molecule has 0 bridgehead atoms. The van der Waals surface area contributed by atoms with Gasteiger partial charge in [0.25, 0.3) is 11.8 Å². The molecular formula is C35H35N3O8S. The zero-order valence-corrected chi connectivity index (χ0v) is 27.4. The van der Waals surface area contributed by atoms with E-state index in [4.69, 9.17) is 23.7 Å². The van der Waals surface area contributed by atoms with Gasteiger partial charge in [0.05, 0.1) is 41.3 Å². The van der Waals surface area contributed by atoms with Crippen LogP contribution in [-0.4, -0.2) is 59.0 Å². The zero-order valence-electron chi connectivity index (χ0n) is 26.5. The van der Waals surface area contributed by atoms with Crippen LogP contribution >= 0.6 is 11.8 Å². The maximum atomic E-state index is 13.7. The van der Waals surface area contributed by atoms with Crippen LogP contribution in [-0.2, 0) is 9.59 Å². The van der Waals surface area contributed by atoms with Crippen molar-refractivity contribution >= 4 is 46.9 Å². The molecule has 11 nitrogen and oxygen atoms in total. The number of thioether (sulfide) groups is 1. The number of anilines is 2. The van der Waals surface area contributed by atoms with Gasteiger partial charge in [-0.15, -0.1) is 11.8 Å². The van der Waals surface area contributed by atoms with Crippen molar-refractivity contribution in [1.82, 2.24) is 5.32 Å². The number of amides is 3. The van der Waals surface area contributed by atoms with Crippen LogP contribution in [0, 0.1) is 0 Å². The molecule has 0 saturated carbocycles. The molecule has 0 unspecified atom stereocenters. The second kappa shape index (κ2) is 16.6. The molecule has 0 aliphatic carbocycles. The third-order valence-electron chi connectivity index (χ3n) is 6.66. The Labute approximate surface area is 277 Å². The van der Waals surface area contributed by atoms with E-state index in [0.717, 1.165) is 4.90 Å². The molecule has 0 aliphatic rings. The van der Waals surface area contributed by atoms with Crippen LogP contribution in [0.1, 0.15) is 15.9 Å². The van der Waals surface area contributed by atoms with Crippen LogP contribution in [0.3, 0.4) is 0 Å². The summed E-state index contributed by atoms with van der Waals surface area (Å²) in [6, 6.07) is 23.9. The van der Waals surface area contributed by atoms with Crippen molar-refractivity contribution in [3.8, 4) is 28.7 Å². The second-order valence-electron chi connectivity index (χ2n) is 9.75. The van der Waals surface area contributed by atoms with Crippen molar-refractivity contribution in [3.63, 3.8) is 0 Å². The van der Waals surface area contributed by atoms with Crippen LogP contribution in [0.2, 0.25) is 0 Å². The van der Waals surface area contributed by atoms with Crippen LogP contribution in [0.25, 0.3) is 6.08 Å². The summed E-state index contributed by atoms with van der Waals surface area (Å²) in [5.74, 6) is 1.15. The zero-order chi connectivity index (χ0) is 33.8. The van der Waals surface area contributed by atoms with Crippen molar-refractivity contribution in [2.45, 2.75) is 4.90 Å². The van der Waals surface area contributed by atoms with Crippen molar-refractivity contribution in [3.05, 3.63) is 102 Å². The second-order valence-corrected chi connectivity index (χ2v) is 10.8. The molecule has 0 atom stereocenters. The molecule has 0 heterocycles. The summed E-state index contributed by atoms with van der Waals surface area (Å²) < 4.78 is 26.9. The van der Waals surface area contributed by atoms with Crippen LogP contribution in [0.15, 0.2) is 95.5 Å². The molecule has 4 aromatic rings. The van der Waals surface area contributed by atoms with E-state index in [-0.39, 0.29) is 17.4 Å². The molecule has 3 N–H and O–H groups in total. The van der Waals surface area contributed by atoms with Crippen molar-refractivity contribution in [2.75, 3.05) is 51.9 Å². The van der Waals surface area contributed by atoms with Gasteiger partial charge in [0.2, 0.25) is 5.91 Å². The van der Waals surface area contributed by atoms with Crippen molar-refractivity contribution in [2.24, 2.45) is 0 Å². The molecular weight excluding hydrogens is 622 g/mol. The molecule has 12 heteroatoms. The summed E-state index contributed by atoms with van der Waals surface area (Å²) in [6.45, 7) is 0. The van der Waals surface area contributed by atoms with Crippen molar-refractivity contribution < 1.29 is 38.1 Å². The fourth-order valence-corrected chi connectivity index (χ4v) is 5.11. The molecule has 0 saturated heterocycles. The minimum absolute atomic E-state index is 0.0458. The number of methoxy groups -OCH3 is 5. The quantitative estimate of drug-likeness (QED) is 0.112. The van der Waals surface area contributed by atoms with Gasteiger partial charge in [-0.05, 0) is 42.5 Å². The van der Waals surface area contributed by atoms with Gasteiger partial charge in [-0.25, -0.2) is 0 Å². The molecule has 244 valence electrons. The normalized spacial score (nSPS) is 10.8. The minimum Gasteiger partial charge on any atom is -0.497 e. The summed E-state index contributed by atoms with van der Waals surface area (Å²) in [5.41, 5.74) is 1.78. The highest BCUT2D eigenvalue weighted by molar-refractivity contribution is 8.00. The third-order valence-corrected chi connectivity index (χ3v) is 7.66. The Morgan fingerprint density at radius 3 is 1.96 bits per heavy atom. The fourth-order valence-electron chi connectivity index (χ4n) is 4.35. The summed E-state index contributed by atoms with van der Waals surface area (Å²) in [4.78, 5) is 40.2. The van der Waals surface area contributed by atoms with Gasteiger partial charge in [-0.3, -0.25) is 14.4 Å². The Bertz CT molecular complexity index is 1740. The minimum atomic E-state index is -0.585. The van der Waals surface area contributed by atoms with Gasteiger partial charge in [0.15, 0.2) is 11.5 Å². The Kier molecular flexibility index (Phi) is 12.1. The van der Waals surface area contributed by atoms with E-state index in [2.05, 4.69) is 16.0 Å². The van der Waals surface area contributed by atoms with Gasteiger partial charge in [0.1, 0.15) is 22.9 Å². The Morgan fingerprint density at radius 2 is 1.32 bits per heavy atom. The molecule has 47 heavy (non-hydrogen) atoms. The smallest absolute Gasteiger partial charge is 0.272 e. The molecule has 0 aliphatic heterocycles. The lowest BCUT2D eigenvalue weighted by Gasteiger charge is -2.15. The first-order valence-electron chi connectivity index (χ1n) is 14.2. The molecule has 0 aromatic heterocycles. The van der Waals surface area contributed by atoms with E-state index in [1.807, 2.05) is 6.07 Å². The number of carbonyl (C=O) groups excluding carboxylic acids is 3. The first kappa shape index (κ1) is 34.3. The predicted molar refractivity (Wildman–Crippen MR) is 182 cm³/mol. The molecule has 0 spiro atoms. The molecule has 0 radical (unpaired) electrons. The number of rotatable bonds is 14. The summed E-state index contributed by atoms with van der Waals surface area (Å²) in [6.07, 6.45) is 1.49. The number of carbonyl (C=O) groups is 3. The van der Waals surface area contributed by atoms with E-state index in [9.17, 15) is 14.4 Å². The monoisotopic (exact) mass is 657 g/mol. The topological polar surface area (TPSA) is 133 Å². The summed E-state index contributed by atoms with van der Waals surface area (Å²) in [5, 5.41) is 8.40. The van der Waals surface area contributed by atoms with Crippen LogP contribution in [0.5, 0.6) is 28.7 Å². The fraction of sp³-hybridized carbons (Fsp3) is 0.171. The molecule has 4 aromatic carbocycles. The first-order valence-corrected chi connectivity index (χ1v) is 15.2. The number of hydrogen-bond donors (Lipinski definition) is 3. The Balaban J connectivity index is 1.53. The summed E-state index contributed by atoms with van der Waals surface area (Å²) in [7, 11) is 7.55. The molecule has 4 rings (SSSR count). The van der Waals surface area contributed by atoms with Gasteiger partial charge < -0.3 is 39.6 Å². The van der Waals surface area contributed by atoms with E-state index in [0.29, 0.717) is 51.2 Å². The first-order chi connectivity index (χ1) is 22.8. The highest BCUT2D eigenvalue weighted by Gasteiger charge is 2.18. The van der Waals surface area contributed by atoms with E-state index >= 15 is 0 Å². The number of hydrogen-bond acceptors (Lipinski definition) is 9. The largest absolute Gasteiger partial charge is 0.497 e. The Hall–Kier alpha value is -5.62. The van der Waals surface area contributed by atoms with Crippen LogP contribution < -0.4 is 39.6 Å². The van der Waals surface area contributed by atoms with E-state index in [1.54, 1.807) is 78.9 Å². The number of nitrogens with one attached hydrogen (secondary N) is 3. The van der Waals surface area contributed by atoms with E-state index in [1.165, 1.54) is 53.4 Å². The van der Waals surface area contributed by atoms with Gasteiger partial charge in [-0.2, -0.15) is 0 Å². The van der Waals surface area contributed by atoms with E-state index < -0.39 is 11.8 Å². The standard InChI is InChI=1S/C35H35N3O8S/c1-42-26-16-25(17-27(19-26)43-2)36-33(39)21-47-28-13-9-12-24(18-28)37-35(41)29(38-34(40)22-10-7-6-8-11-22)14-23-15-31(45-4)32(46-5)20-30(23)44-3/h6-20H,21H2,1-5H3,(H,36,39)(H,37,41)(H,38,40)/b29-14+. The number of ether oxygens (including phenoxy) is 5. The highest BCUT2D eigenvalue weighted by Crippen LogP contribution is 2.36. The molecule has 3 amide bonds. The average Bonchev–Trinajstić information content (AvgIpc) is 3.10. The lowest BCUT2D eigenvalue weighted by atomic mass is 10.1. The van der Waals surface area contributed by atoms with Gasteiger partial charge in [0, 0.05) is 51.7 Å². The van der Waals surface area contributed by atoms with Gasteiger partial charge in [-0.1, -0.05) is 24.3 Å². The lowest BCUT2D eigenvalue weighted by Crippen LogP contribution is -2.30.